The van der Waals surface area contributed by atoms with Gasteiger partial charge in [0.25, 0.3) is 0 Å². The smallest absolute Gasteiger partial charge is 0.841 e. The van der Waals surface area contributed by atoms with Crippen molar-refractivity contribution in [2.75, 3.05) is 0 Å². The maximum Gasteiger partial charge on any atom is 1.00 e. The summed E-state index contributed by atoms with van der Waals surface area (Å²) in [5.41, 5.74) is -0.469. The molecule has 1 rings (SSSR count). The van der Waals surface area contributed by atoms with Gasteiger partial charge in [0.05, 0.1) is 6.10 Å². The van der Waals surface area contributed by atoms with E-state index in [1.807, 2.05) is 0 Å². The summed E-state index contributed by atoms with van der Waals surface area (Å²) in [5.74, 6) is 0. The monoisotopic (exact) mass is 208 g/mol. The average molecular weight is 208 g/mol. The third-order valence-electron chi connectivity index (χ3n) is 1.96. The molecule has 3 nitrogen and oxygen atoms in total. The van der Waals surface area contributed by atoms with Crippen molar-refractivity contribution in [3.05, 3.63) is 0 Å². The van der Waals surface area contributed by atoms with E-state index in [0.717, 1.165) is 12.8 Å². The Balaban J connectivity index is 0. The minimum absolute atomic E-state index is 0. The summed E-state index contributed by atoms with van der Waals surface area (Å²) in [7, 11) is -2.41. The van der Waals surface area contributed by atoms with Gasteiger partial charge in [-0.15, -0.1) is 0 Å². The summed E-state index contributed by atoms with van der Waals surface area (Å²) < 4.78 is 0. The Kier molecular flexibility index (Phi) is 12.0. The zero-order valence-electron chi connectivity index (χ0n) is 7.69. The molecular weight excluding hydrogens is 197 g/mol. The molecule has 1 saturated carbocycles. The summed E-state index contributed by atoms with van der Waals surface area (Å²) in [4.78, 5) is 20.9. The van der Waals surface area contributed by atoms with Crippen molar-refractivity contribution in [1.29, 1.82) is 0 Å². The van der Waals surface area contributed by atoms with Gasteiger partial charge >= 0.3 is 59.1 Å². The zero-order valence-corrected chi connectivity index (χ0v) is 12.6. The van der Waals surface area contributed by atoms with Crippen molar-refractivity contribution in [2.45, 2.75) is 37.4 Å². The first kappa shape index (κ1) is 16.7. The van der Waals surface area contributed by atoms with Gasteiger partial charge in [-0.1, -0.05) is 12.8 Å². The van der Waals surface area contributed by atoms with E-state index in [2.05, 4.69) is 0 Å². The average Bonchev–Trinajstić information content (AvgIpc) is 1.88. The van der Waals surface area contributed by atoms with E-state index < -0.39 is 20.1 Å². The first-order chi connectivity index (χ1) is 4.72. The molecule has 0 aromatic rings. The van der Waals surface area contributed by atoms with Crippen LogP contribution in [0.15, 0.2) is 0 Å². The molecule has 6 heteroatoms. The molecule has 0 aromatic heterocycles. The normalized spacial score (nSPS) is 29.0. The minimum atomic E-state index is -2.41. The van der Waals surface area contributed by atoms with Crippen LogP contribution in [-0.4, -0.2) is 16.9 Å². The van der Waals surface area contributed by atoms with Crippen LogP contribution in [-0.2, 0) is 0 Å². The van der Waals surface area contributed by atoms with Crippen molar-refractivity contribution in [1.82, 2.24) is 0 Å². The van der Waals surface area contributed by atoms with E-state index in [-0.39, 0.29) is 59.1 Å². The van der Waals surface area contributed by atoms with Crippen LogP contribution in [0.4, 0.5) is 0 Å². The van der Waals surface area contributed by atoms with Gasteiger partial charge in [0.15, 0.2) is 0 Å². The van der Waals surface area contributed by atoms with Crippen LogP contribution in [0.1, 0.15) is 25.7 Å². The van der Waals surface area contributed by atoms with E-state index in [1.165, 1.54) is 0 Å². The summed E-state index contributed by atoms with van der Waals surface area (Å²) in [6, 6.07) is 0. The first-order valence-corrected chi connectivity index (χ1v) is 4.78. The van der Waals surface area contributed by atoms with E-state index in [9.17, 15) is 9.79 Å². The summed E-state index contributed by atoms with van der Waals surface area (Å²) in [6.45, 7) is 0. The van der Waals surface area contributed by atoms with Crippen LogP contribution < -0.4 is 68.9 Å². The van der Waals surface area contributed by atoms with Crippen molar-refractivity contribution >= 4 is 8.38 Å². The second-order valence-corrected chi connectivity index (χ2v) is 3.94. The molecule has 2 atom stereocenters. The number of rotatable bonds is 1. The third-order valence-corrected chi connectivity index (χ3v) is 3.11. The summed E-state index contributed by atoms with van der Waals surface area (Å²) in [5, 5.41) is 9.16. The van der Waals surface area contributed by atoms with Gasteiger partial charge in [-0.05, 0) is 18.5 Å². The van der Waals surface area contributed by atoms with Crippen LogP contribution >= 0.6 is 8.38 Å². The molecule has 1 aliphatic carbocycles. The molecule has 0 aromatic carbocycles. The Morgan fingerprint density at radius 3 is 1.92 bits per heavy atom. The second kappa shape index (κ2) is 8.60. The molecule has 0 bridgehead atoms. The molecule has 0 radical (unpaired) electrons. The maximum atomic E-state index is 10.4. The molecule has 0 spiro atoms. The molecule has 0 aliphatic heterocycles. The molecular formula is C6H11Na2O3P. The molecule has 0 amide bonds. The van der Waals surface area contributed by atoms with Gasteiger partial charge in [0.2, 0.25) is 0 Å². The molecule has 0 saturated heterocycles. The van der Waals surface area contributed by atoms with Gasteiger partial charge in [0, 0.05) is 0 Å². The van der Waals surface area contributed by atoms with Crippen molar-refractivity contribution < 1.29 is 74.0 Å². The van der Waals surface area contributed by atoms with Crippen LogP contribution in [0.25, 0.3) is 0 Å². The van der Waals surface area contributed by atoms with Crippen LogP contribution in [0.3, 0.4) is 0 Å². The predicted molar refractivity (Wildman–Crippen MR) is 35.2 cm³/mol. The molecule has 0 heterocycles. The minimum Gasteiger partial charge on any atom is -0.841 e. The predicted octanol–water partition coefficient (Wildman–Crippen LogP) is -6.67. The fraction of sp³-hybridized carbons (Fsp3) is 1.00. The molecule has 1 aliphatic rings. The van der Waals surface area contributed by atoms with E-state index in [4.69, 9.17) is 5.11 Å². The van der Waals surface area contributed by atoms with Gasteiger partial charge < -0.3 is 23.3 Å². The Morgan fingerprint density at radius 1 is 1.08 bits per heavy atom. The van der Waals surface area contributed by atoms with Crippen molar-refractivity contribution in [3.63, 3.8) is 0 Å². The summed E-state index contributed by atoms with van der Waals surface area (Å²) in [6.07, 6.45) is 2.58. The van der Waals surface area contributed by atoms with Gasteiger partial charge in [-0.25, -0.2) is 0 Å². The molecule has 2 unspecified atom stereocenters. The van der Waals surface area contributed by atoms with Crippen LogP contribution in [0.2, 0.25) is 0 Å². The Hall–Kier alpha value is 2.31. The number of aliphatic hydroxyl groups excluding tert-OH is 1. The van der Waals surface area contributed by atoms with Gasteiger partial charge in [-0.2, -0.15) is 0 Å². The van der Waals surface area contributed by atoms with Crippen molar-refractivity contribution in [3.8, 4) is 0 Å². The standard InChI is InChI=1S/C6H11O3P.2Na/c7-5-3-1-2-4-6(5)10(8)9;;/h5-7H,1-4H2;;/q-2;2*+1. The first-order valence-electron chi connectivity index (χ1n) is 3.53. The largest absolute Gasteiger partial charge is 1.00 e. The Morgan fingerprint density at radius 2 is 1.58 bits per heavy atom. The Labute approximate surface area is 118 Å². The fourth-order valence-corrected chi connectivity index (χ4v) is 2.16. The van der Waals surface area contributed by atoms with Gasteiger partial charge in [0.1, 0.15) is 0 Å². The fourth-order valence-electron chi connectivity index (χ4n) is 1.34. The van der Waals surface area contributed by atoms with Crippen molar-refractivity contribution in [2.24, 2.45) is 0 Å². The number of hydrogen-bond donors (Lipinski definition) is 1. The van der Waals surface area contributed by atoms with Gasteiger partial charge in [-0.3, -0.25) is 0 Å². The molecule has 60 valence electrons. The maximum absolute atomic E-state index is 10.4. The number of aliphatic hydroxyl groups is 1. The van der Waals surface area contributed by atoms with E-state index >= 15 is 0 Å². The Bertz CT molecular complexity index is 115. The molecule has 1 fully saturated rings. The van der Waals surface area contributed by atoms with E-state index in [1.54, 1.807) is 0 Å². The second-order valence-electron chi connectivity index (χ2n) is 2.70. The van der Waals surface area contributed by atoms with Crippen LogP contribution in [0, 0.1) is 0 Å². The third kappa shape index (κ3) is 5.26. The molecule has 1 N–H and O–H groups in total. The van der Waals surface area contributed by atoms with E-state index in [0.29, 0.717) is 12.8 Å². The topological polar surface area (TPSA) is 66.3 Å². The summed E-state index contributed by atoms with van der Waals surface area (Å²) >= 11 is 0. The number of hydrogen-bond acceptors (Lipinski definition) is 3. The molecule has 12 heavy (non-hydrogen) atoms. The van der Waals surface area contributed by atoms with Crippen LogP contribution in [0.5, 0.6) is 0 Å². The SMILES string of the molecule is [Na+].[Na+].[O-]P([O-])C1CCCCC1O. The quantitative estimate of drug-likeness (QED) is 0.344. The zero-order chi connectivity index (χ0) is 7.56.